The van der Waals surface area contributed by atoms with Gasteiger partial charge in [0.05, 0.1) is 6.21 Å². The molecule has 2 rings (SSSR count). The predicted octanol–water partition coefficient (Wildman–Crippen LogP) is 3.71. The summed E-state index contributed by atoms with van der Waals surface area (Å²) in [4.78, 5) is 11.9. The molecular weight excluding hydrogens is 267 g/mol. The second kappa shape index (κ2) is 6.79. The van der Waals surface area contributed by atoms with Crippen LogP contribution >= 0.6 is 0 Å². The van der Waals surface area contributed by atoms with Crippen LogP contribution in [0.3, 0.4) is 0 Å². The fourth-order valence-corrected chi connectivity index (χ4v) is 1.80. The van der Waals surface area contributed by atoms with Crippen LogP contribution in [0, 0.1) is 5.82 Å². The van der Waals surface area contributed by atoms with Gasteiger partial charge in [0.1, 0.15) is 5.82 Å². The van der Waals surface area contributed by atoms with Crippen LogP contribution in [-0.2, 0) is 0 Å². The van der Waals surface area contributed by atoms with Crippen LogP contribution < -0.4 is 5.43 Å². The summed E-state index contributed by atoms with van der Waals surface area (Å²) >= 11 is 0. The monoisotopic (exact) mass is 284 g/mol. The van der Waals surface area contributed by atoms with Crippen LogP contribution in [-0.4, -0.2) is 12.1 Å². The van der Waals surface area contributed by atoms with E-state index < -0.39 is 0 Å². The fourth-order valence-electron chi connectivity index (χ4n) is 1.80. The van der Waals surface area contributed by atoms with E-state index in [1.54, 1.807) is 24.3 Å². The van der Waals surface area contributed by atoms with Crippen molar-refractivity contribution < 1.29 is 9.18 Å². The van der Waals surface area contributed by atoms with Crippen LogP contribution in [0.4, 0.5) is 4.39 Å². The zero-order valence-corrected chi connectivity index (χ0v) is 12.0. The third-order valence-corrected chi connectivity index (χ3v) is 3.09. The minimum absolute atomic E-state index is 0.274. The Kier molecular flexibility index (Phi) is 4.82. The van der Waals surface area contributed by atoms with Gasteiger partial charge in [-0.15, -0.1) is 0 Å². The molecule has 0 saturated heterocycles. The number of benzene rings is 2. The first kappa shape index (κ1) is 14.9. The van der Waals surface area contributed by atoms with Crippen LogP contribution in [0.5, 0.6) is 0 Å². The van der Waals surface area contributed by atoms with Crippen molar-refractivity contribution in [1.82, 2.24) is 5.43 Å². The van der Waals surface area contributed by atoms with Gasteiger partial charge in [-0.25, -0.2) is 9.82 Å². The molecule has 1 N–H and O–H groups in total. The van der Waals surface area contributed by atoms with Crippen LogP contribution in [0.2, 0.25) is 0 Å². The lowest BCUT2D eigenvalue weighted by atomic mass is 10.0. The predicted molar refractivity (Wildman–Crippen MR) is 82.0 cm³/mol. The number of carbonyl (C=O) groups excluding carboxylic acids is 1. The maximum absolute atomic E-state index is 12.7. The molecule has 0 heterocycles. The SMILES string of the molecule is CC(C)c1ccc(C(=O)NN=Cc2ccc(F)cc2)cc1. The molecule has 0 bridgehead atoms. The molecule has 0 aliphatic heterocycles. The Hall–Kier alpha value is -2.49. The molecule has 1 amide bonds. The van der Waals surface area contributed by atoms with Crippen LogP contribution in [0.25, 0.3) is 0 Å². The Morgan fingerprint density at radius 3 is 2.29 bits per heavy atom. The average Bonchev–Trinajstić information content (AvgIpc) is 2.49. The molecule has 0 fully saturated rings. The molecular formula is C17H17FN2O. The number of nitrogens with one attached hydrogen (secondary N) is 1. The lowest BCUT2D eigenvalue weighted by Gasteiger charge is -2.05. The van der Waals surface area contributed by atoms with E-state index >= 15 is 0 Å². The van der Waals surface area contributed by atoms with E-state index in [9.17, 15) is 9.18 Å². The summed E-state index contributed by atoms with van der Waals surface area (Å²) < 4.78 is 12.7. The van der Waals surface area contributed by atoms with E-state index in [-0.39, 0.29) is 11.7 Å². The smallest absolute Gasteiger partial charge is 0.267 e. The van der Waals surface area contributed by atoms with Gasteiger partial charge in [-0.05, 0) is 41.3 Å². The summed E-state index contributed by atoms with van der Waals surface area (Å²) in [5.41, 5.74) is 4.90. The van der Waals surface area contributed by atoms with E-state index in [0.717, 1.165) is 0 Å². The van der Waals surface area contributed by atoms with E-state index in [1.807, 2.05) is 12.1 Å². The molecule has 0 aliphatic rings. The molecule has 0 spiro atoms. The van der Waals surface area contributed by atoms with Gasteiger partial charge in [0, 0.05) is 5.56 Å². The first-order valence-corrected chi connectivity index (χ1v) is 6.75. The van der Waals surface area contributed by atoms with Crippen LogP contribution in [0.15, 0.2) is 53.6 Å². The normalized spacial score (nSPS) is 11.0. The number of nitrogens with zero attached hydrogens (tertiary/aromatic N) is 1. The molecule has 0 aromatic heterocycles. The highest BCUT2D eigenvalue weighted by atomic mass is 19.1. The minimum atomic E-state index is -0.304. The first-order valence-electron chi connectivity index (χ1n) is 6.75. The standard InChI is InChI=1S/C17H17FN2O/c1-12(2)14-5-7-15(8-6-14)17(21)20-19-11-13-3-9-16(18)10-4-13/h3-12H,1-2H3,(H,20,21). The van der Waals surface area contributed by atoms with Gasteiger partial charge in [-0.2, -0.15) is 5.10 Å². The molecule has 108 valence electrons. The summed E-state index contributed by atoms with van der Waals surface area (Å²) in [5, 5.41) is 3.86. The van der Waals surface area contributed by atoms with Crippen molar-refractivity contribution in [3.05, 3.63) is 71.0 Å². The molecule has 3 nitrogen and oxygen atoms in total. The fraction of sp³-hybridized carbons (Fsp3) is 0.176. The number of carbonyl (C=O) groups is 1. The van der Waals surface area contributed by atoms with E-state index in [0.29, 0.717) is 17.0 Å². The number of hydrogen-bond acceptors (Lipinski definition) is 2. The van der Waals surface area contributed by atoms with Crippen molar-refractivity contribution in [3.8, 4) is 0 Å². The van der Waals surface area contributed by atoms with Gasteiger partial charge in [-0.1, -0.05) is 38.1 Å². The second-order valence-electron chi connectivity index (χ2n) is 5.03. The summed E-state index contributed by atoms with van der Waals surface area (Å²) in [6.45, 7) is 4.20. The summed E-state index contributed by atoms with van der Waals surface area (Å²) in [7, 11) is 0. The molecule has 2 aromatic rings. The lowest BCUT2D eigenvalue weighted by molar-refractivity contribution is 0.0955. The largest absolute Gasteiger partial charge is 0.271 e. The zero-order chi connectivity index (χ0) is 15.2. The van der Waals surface area contributed by atoms with Gasteiger partial charge >= 0.3 is 0 Å². The van der Waals surface area contributed by atoms with Crippen molar-refractivity contribution in [2.45, 2.75) is 19.8 Å². The molecule has 0 aliphatic carbocycles. The number of hydrogen-bond donors (Lipinski definition) is 1. The zero-order valence-electron chi connectivity index (χ0n) is 12.0. The lowest BCUT2D eigenvalue weighted by Crippen LogP contribution is -2.17. The van der Waals surface area contributed by atoms with Crippen molar-refractivity contribution >= 4 is 12.1 Å². The highest BCUT2D eigenvalue weighted by Gasteiger charge is 2.05. The summed E-state index contributed by atoms with van der Waals surface area (Å²) in [6.07, 6.45) is 1.47. The number of amides is 1. The van der Waals surface area contributed by atoms with Gasteiger partial charge in [0.2, 0.25) is 0 Å². The number of rotatable bonds is 4. The molecule has 0 saturated carbocycles. The van der Waals surface area contributed by atoms with Crippen LogP contribution in [0.1, 0.15) is 41.3 Å². The third kappa shape index (κ3) is 4.24. The highest BCUT2D eigenvalue weighted by Crippen LogP contribution is 2.14. The van der Waals surface area contributed by atoms with Crippen molar-refractivity contribution in [1.29, 1.82) is 0 Å². The molecule has 0 unspecified atom stereocenters. The van der Waals surface area contributed by atoms with Gasteiger partial charge in [0.15, 0.2) is 0 Å². The van der Waals surface area contributed by atoms with E-state index in [1.165, 1.54) is 23.9 Å². The average molecular weight is 284 g/mol. The Bertz CT molecular complexity index is 631. The Morgan fingerprint density at radius 2 is 1.71 bits per heavy atom. The molecule has 0 radical (unpaired) electrons. The number of hydrazone groups is 1. The quantitative estimate of drug-likeness (QED) is 0.675. The summed E-state index contributed by atoms with van der Waals surface area (Å²) in [5.74, 6) is -0.149. The third-order valence-electron chi connectivity index (χ3n) is 3.09. The van der Waals surface area contributed by atoms with E-state index in [2.05, 4.69) is 24.4 Å². The van der Waals surface area contributed by atoms with Gasteiger partial charge in [-0.3, -0.25) is 4.79 Å². The molecule has 4 heteroatoms. The Labute approximate surface area is 123 Å². The van der Waals surface area contributed by atoms with Gasteiger partial charge < -0.3 is 0 Å². The first-order chi connectivity index (χ1) is 10.1. The topological polar surface area (TPSA) is 41.5 Å². The van der Waals surface area contributed by atoms with Crippen molar-refractivity contribution in [2.24, 2.45) is 5.10 Å². The summed E-state index contributed by atoms with van der Waals surface area (Å²) in [6, 6.07) is 13.3. The number of halogens is 1. The molecule has 2 aromatic carbocycles. The maximum Gasteiger partial charge on any atom is 0.271 e. The highest BCUT2D eigenvalue weighted by molar-refractivity contribution is 5.94. The Morgan fingerprint density at radius 1 is 1.10 bits per heavy atom. The molecule has 0 atom stereocenters. The second-order valence-corrected chi connectivity index (χ2v) is 5.03. The van der Waals surface area contributed by atoms with Crippen molar-refractivity contribution in [2.75, 3.05) is 0 Å². The van der Waals surface area contributed by atoms with Crippen molar-refractivity contribution in [3.63, 3.8) is 0 Å². The van der Waals surface area contributed by atoms with E-state index in [4.69, 9.17) is 0 Å². The molecule has 21 heavy (non-hydrogen) atoms. The maximum atomic E-state index is 12.7. The minimum Gasteiger partial charge on any atom is -0.267 e. The Balaban J connectivity index is 1.96. The van der Waals surface area contributed by atoms with Gasteiger partial charge in [0.25, 0.3) is 5.91 Å².